The summed E-state index contributed by atoms with van der Waals surface area (Å²) in [5, 5.41) is 4.99. The highest BCUT2D eigenvalue weighted by atomic mass is 15.2. The average molecular weight is 769 g/mol. The van der Waals surface area contributed by atoms with Crippen molar-refractivity contribution >= 4 is 49.6 Å². The van der Waals surface area contributed by atoms with E-state index >= 15 is 0 Å². The van der Waals surface area contributed by atoms with Gasteiger partial charge in [-0.3, -0.25) is 0 Å². The molecule has 9 aromatic carbocycles. The first kappa shape index (κ1) is 34.8. The lowest BCUT2D eigenvalue weighted by Gasteiger charge is -2.35. The molecule has 0 bridgehead atoms. The Morgan fingerprint density at radius 2 is 0.900 bits per heavy atom. The monoisotopic (exact) mass is 768 g/mol. The second-order valence-corrected chi connectivity index (χ2v) is 17.7. The lowest BCUT2D eigenvalue weighted by molar-refractivity contribution is 0.659. The van der Waals surface area contributed by atoms with Gasteiger partial charge in [0.1, 0.15) is 0 Å². The molecule has 2 aliphatic carbocycles. The van der Waals surface area contributed by atoms with Crippen LogP contribution in [0, 0.1) is 0 Å². The normalized spacial score (nSPS) is 14.3. The minimum absolute atomic E-state index is 0.142. The summed E-state index contributed by atoms with van der Waals surface area (Å²) in [5.74, 6) is 0. The van der Waals surface area contributed by atoms with Crippen LogP contribution in [0.1, 0.15) is 49.9 Å². The molecule has 0 radical (unpaired) electrons. The molecular weight excluding hydrogens is 725 g/mol. The van der Waals surface area contributed by atoms with E-state index in [1.807, 2.05) is 0 Å². The minimum Gasteiger partial charge on any atom is -0.309 e. The summed E-state index contributed by atoms with van der Waals surface area (Å²) >= 11 is 0. The molecule has 0 amide bonds. The Morgan fingerprint density at radius 3 is 1.63 bits per heavy atom. The van der Waals surface area contributed by atoms with Crippen LogP contribution < -0.4 is 4.90 Å². The molecule has 0 saturated heterocycles. The maximum atomic E-state index is 2.62. The van der Waals surface area contributed by atoms with Crippen molar-refractivity contribution in [2.45, 2.75) is 38.5 Å². The Labute approximate surface area is 351 Å². The number of anilines is 3. The fraction of sp³-hybridized carbons (Fsp3) is 0.103. The van der Waals surface area contributed by atoms with E-state index in [1.54, 1.807) is 0 Å². The number of aromatic nitrogens is 1. The molecule has 0 aliphatic heterocycles. The fourth-order valence-electron chi connectivity index (χ4n) is 11.0. The van der Waals surface area contributed by atoms with Crippen molar-refractivity contribution in [2.24, 2.45) is 0 Å². The molecule has 60 heavy (non-hydrogen) atoms. The number of hydrogen-bond acceptors (Lipinski definition) is 1. The fourth-order valence-corrected chi connectivity index (χ4v) is 11.0. The largest absolute Gasteiger partial charge is 0.309 e. The zero-order chi connectivity index (χ0) is 40.3. The molecule has 0 spiro atoms. The molecule has 0 saturated carbocycles. The molecule has 0 atom stereocenters. The summed E-state index contributed by atoms with van der Waals surface area (Å²) in [4.78, 5) is 2.62. The second-order valence-electron chi connectivity index (χ2n) is 17.7. The molecule has 2 nitrogen and oxygen atoms in total. The van der Waals surface area contributed by atoms with Crippen molar-refractivity contribution < 1.29 is 0 Å². The predicted octanol–water partition coefficient (Wildman–Crippen LogP) is 15.7. The lowest BCUT2D eigenvalue weighted by atomic mass is 9.80. The Hall–Kier alpha value is -7.16. The van der Waals surface area contributed by atoms with Gasteiger partial charge in [-0.2, -0.15) is 0 Å². The molecule has 2 aliphatic rings. The SMILES string of the molecule is CC1(C)c2ccccc2-c2c(N(c3cccc4c3C(C)(C)c3ccccc3-4)c3ccc4ccccc4c3-c3ccc(-n4c5ccccc5c5ccccc54)cc3)cccc21. The highest BCUT2D eigenvalue weighted by molar-refractivity contribution is 6.10. The summed E-state index contributed by atoms with van der Waals surface area (Å²) in [6.07, 6.45) is 0. The van der Waals surface area contributed by atoms with E-state index in [-0.39, 0.29) is 10.8 Å². The molecule has 12 rings (SSSR count). The first-order valence-corrected chi connectivity index (χ1v) is 21.2. The topological polar surface area (TPSA) is 8.17 Å². The van der Waals surface area contributed by atoms with Crippen LogP contribution in [0.4, 0.5) is 17.1 Å². The molecule has 286 valence electrons. The van der Waals surface area contributed by atoms with Crippen LogP contribution in [0.15, 0.2) is 194 Å². The van der Waals surface area contributed by atoms with Crippen molar-refractivity contribution in [3.63, 3.8) is 0 Å². The van der Waals surface area contributed by atoms with Crippen LogP contribution in [0.5, 0.6) is 0 Å². The molecule has 0 fully saturated rings. The van der Waals surface area contributed by atoms with Crippen molar-refractivity contribution in [1.29, 1.82) is 0 Å². The van der Waals surface area contributed by atoms with Gasteiger partial charge < -0.3 is 9.47 Å². The number of fused-ring (bicyclic) bond motifs is 10. The van der Waals surface area contributed by atoms with Gasteiger partial charge in [-0.1, -0.05) is 179 Å². The van der Waals surface area contributed by atoms with Crippen molar-refractivity contribution in [3.05, 3.63) is 216 Å². The number of rotatable bonds is 5. The Morgan fingerprint density at radius 1 is 0.367 bits per heavy atom. The summed E-state index contributed by atoms with van der Waals surface area (Å²) < 4.78 is 2.41. The van der Waals surface area contributed by atoms with Gasteiger partial charge in [-0.15, -0.1) is 0 Å². The third kappa shape index (κ3) is 4.76. The molecule has 2 heteroatoms. The Balaban J connectivity index is 1.15. The number of hydrogen-bond donors (Lipinski definition) is 0. The van der Waals surface area contributed by atoms with Crippen LogP contribution >= 0.6 is 0 Å². The van der Waals surface area contributed by atoms with E-state index in [0.29, 0.717) is 0 Å². The van der Waals surface area contributed by atoms with Crippen LogP contribution in [0.3, 0.4) is 0 Å². The van der Waals surface area contributed by atoms with E-state index < -0.39 is 0 Å². The first-order valence-electron chi connectivity index (χ1n) is 21.2. The highest BCUT2D eigenvalue weighted by Crippen LogP contribution is 2.59. The Kier molecular flexibility index (Phi) is 7.36. The molecular formula is C58H44N2. The summed E-state index contributed by atoms with van der Waals surface area (Å²) in [5.41, 5.74) is 19.9. The van der Waals surface area contributed by atoms with Gasteiger partial charge in [-0.05, 0) is 97.7 Å². The number of nitrogens with zero attached hydrogens (tertiary/aromatic N) is 2. The van der Waals surface area contributed by atoms with E-state index in [2.05, 4.69) is 231 Å². The number of benzene rings is 9. The first-order chi connectivity index (χ1) is 29.3. The van der Waals surface area contributed by atoms with Gasteiger partial charge in [0.05, 0.1) is 28.1 Å². The van der Waals surface area contributed by atoms with E-state index in [9.17, 15) is 0 Å². The summed E-state index contributed by atoms with van der Waals surface area (Å²) in [6, 6.07) is 72.4. The Bertz CT molecular complexity index is 3320. The van der Waals surface area contributed by atoms with E-state index in [0.717, 1.165) is 11.4 Å². The van der Waals surface area contributed by atoms with Crippen LogP contribution in [-0.4, -0.2) is 4.57 Å². The van der Waals surface area contributed by atoms with Gasteiger partial charge in [-0.25, -0.2) is 0 Å². The van der Waals surface area contributed by atoms with Crippen molar-refractivity contribution in [1.82, 2.24) is 4.57 Å². The molecule has 1 heterocycles. The maximum absolute atomic E-state index is 2.62. The van der Waals surface area contributed by atoms with Gasteiger partial charge in [0.15, 0.2) is 0 Å². The standard InChI is InChI=1S/C58H44N2/c1-57(2)47-25-12-8-22-45(47)55-48(57)26-16-29-51(55)60(53-30-15-23-44-41-19-7-11-24-46(41)58(3,4)56(44)53)52-36-33-37-17-5-6-18-40(37)54(52)38-31-34-39(35-32-38)59-49-27-13-9-20-42(49)43-21-10-14-28-50(43)59/h5-36H,1-4H3. The lowest BCUT2D eigenvalue weighted by Crippen LogP contribution is -2.21. The maximum Gasteiger partial charge on any atom is 0.0546 e. The zero-order valence-corrected chi connectivity index (χ0v) is 34.4. The molecule has 1 aromatic heterocycles. The third-order valence-electron chi connectivity index (χ3n) is 13.8. The predicted molar refractivity (Wildman–Crippen MR) is 254 cm³/mol. The summed E-state index contributed by atoms with van der Waals surface area (Å²) in [7, 11) is 0. The van der Waals surface area contributed by atoms with E-state index in [4.69, 9.17) is 0 Å². The second kappa shape index (κ2) is 12.7. The minimum atomic E-state index is -0.225. The third-order valence-corrected chi connectivity index (χ3v) is 13.8. The van der Waals surface area contributed by atoms with Crippen molar-refractivity contribution in [2.75, 3.05) is 4.90 Å². The van der Waals surface area contributed by atoms with Crippen LogP contribution in [-0.2, 0) is 10.8 Å². The van der Waals surface area contributed by atoms with Gasteiger partial charge in [0.25, 0.3) is 0 Å². The van der Waals surface area contributed by atoms with E-state index in [1.165, 1.54) is 99.6 Å². The van der Waals surface area contributed by atoms with Crippen LogP contribution in [0.25, 0.3) is 71.6 Å². The molecule has 10 aromatic rings. The quantitative estimate of drug-likeness (QED) is 0.169. The average Bonchev–Trinajstić information content (AvgIpc) is 3.84. The highest BCUT2D eigenvalue weighted by Gasteiger charge is 2.42. The molecule has 0 unspecified atom stereocenters. The van der Waals surface area contributed by atoms with Crippen LogP contribution in [0.2, 0.25) is 0 Å². The van der Waals surface area contributed by atoms with Gasteiger partial charge in [0.2, 0.25) is 0 Å². The molecule has 0 N–H and O–H groups in total. The van der Waals surface area contributed by atoms with Gasteiger partial charge >= 0.3 is 0 Å². The zero-order valence-electron chi connectivity index (χ0n) is 34.4. The van der Waals surface area contributed by atoms with Crippen molar-refractivity contribution in [3.8, 4) is 39.1 Å². The number of para-hydroxylation sites is 2. The summed E-state index contributed by atoms with van der Waals surface area (Å²) in [6.45, 7) is 9.57. The smallest absolute Gasteiger partial charge is 0.0546 e. The van der Waals surface area contributed by atoms with Gasteiger partial charge in [0, 0.05) is 38.4 Å².